The van der Waals surface area contributed by atoms with Gasteiger partial charge in [-0.05, 0) is 44.5 Å². The third-order valence-corrected chi connectivity index (χ3v) is 4.71. The Kier molecular flexibility index (Phi) is 5.43. The molecule has 24 heavy (non-hydrogen) atoms. The maximum Gasteiger partial charge on any atom is 0.148 e. The lowest BCUT2D eigenvalue weighted by Gasteiger charge is -2.24. The molecule has 0 saturated carbocycles. The van der Waals surface area contributed by atoms with Gasteiger partial charge in [-0.25, -0.2) is 9.97 Å². The maximum atomic E-state index is 4.81. The number of aryl methyl sites for hydroxylation is 1. The number of nitrogens with one attached hydrogen (secondary N) is 2. The molecule has 0 aliphatic carbocycles. The molecule has 1 saturated heterocycles. The molecule has 128 valence electrons. The van der Waals surface area contributed by atoms with Crippen molar-refractivity contribution in [3.8, 4) is 0 Å². The number of likely N-dealkylation sites (tertiary alicyclic amines) is 1. The van der Waals surface area contributed by atoms with Crippen LogP contribution in [0.5, 0.6) is 0 Å². The fourth-order valence-electron chi connectivity index (χ4n) is 3.38. The van der Waals surface area contributed by atoms with Gasteiger partial charge in [-0.1, -0.05) is 24.3 Å². The molecule has 0 amide bonds. The molecular formula is C19H27N5. The van der Waals surface area contributed by atoms with Crippen LogP contribution in [0.15, 0.2) is 30.3 Å². The lowest BCUT2D eigenvalue weighted by atomic mass is 10.1. The van der Waals surface area contributed by atoms with E-state index in [-0.39, 0.29) is 0 Å². The minimum Gasteiger partial charge on any atom is -0.373 e. The summed E-state index contributed by atoms with van der Waals surface area (Å²) in [6.07, 6.45) is 2.32. The zero-order chi connectivity index (χ0) is 16.9. The number of aromatic nitrogens is 2. The first-order valence-electron chi connectivity index (χ1n) is 8.70. The average molecular weight is 325 g/mol. The molecule has 1 atom stereocenters. The fraction of sp³-hybridized carbons (Fsp3) is 0.474. The largest absolute Gasteiger partial charge is 0.373 e. The maximum absolute atomic E-state index is 4.81. The molecular weight excluding hydrogens is 298 g/mol. The van der Waals surface area contributed by atoms with Crippen molar-refractivity contribution in [1.82, 2.24) is 20.2 Å². The van der Waals surface area contributed by atoms with E-state index in [1.165, 1.54) is 17.5 Å². The average Bonchev–Trinajstić information content (AvgIpc) is 3.05. The van der Waals surface area contributed by atoms with Crippen molar-refractivity contribution < 1.29 is 0 Å². The van der Waals surface area contributed by atoms with Crippen LogP contribution in [0.1, 0.15) is 41.5 Å². The van der Waals surface area contributed by atoms with Crippen LogP contribution in [0.4, 0.5) is 5.82 Å². The minimum atomic E-state index is 0.300. The van der Waals surface area contributed by atoms with Gasteiger partial charge in [-0.15, -0.1) is 0 Å². The smallest absolute Gasteiger partial charge is 0.148 e. The Balaban J connectivity index is 1.85. The van der Waals surface area contributed by atoms with E-state index in [2.05, 4.69) is 46.7 Å². The summed E-state index contributed by atoms with van der Waals surface area (Å²) in [5.74, 6) is 1.84. The van der Waals surface area contributed by atoms with Crippen molar-refractivity contribution in [1.29, 1.82) is 0 Å². The van der Waals surface area contributed by atoms with E-state index in [1.807, 2.05) is 20.2 Å². The summed E-state index contributed by atoms with van der Waals surface area (Å²) in [7, 11) is 3.86. The van der Waals surface area contributed by atoms with Gasteiger partial charge in [0.1, 0.15) is 11.6 Å². The second kappa shape index (κ2) is 7.73. The molecule has 0 spiro atoms. The summed E-state index contributed by atoms with van der Waals surface area (Å²) in [6.45, 7) is 5.01. The Bertz CT molecular complexity index is 685. The Morgan fingerprint density at radius 3 is 2.79 bits per heavy atom. The monoisotopic (exact) mass is 325 g/mol. The third-order valence-electron chi connectivity index (χ3n) is 4.71. The van der Waals surface area contributed by atoms with Crippen LogP contribution in [0.3, 0.4) is 0 Å². The summed E-state index contributed by atoms with van der Waals surface area (Å²) >= 11 is 0. The highest BCUT2D eigenvalue weighted by molar-refractivity contribution is 5.36. The topological polar surface area (TPSA) is 53.1 Å². The summed E-state index contributed by atoms with van der Waals surface area (Å²) in [4.78, 5) is 12.1. The molecule has 2 aromatic rings. The zero-order valence-electron chi connectivity index (χ0n) is 14.8. The predicted octanol–water partition coefficient (Wildman–Crippen LogP) is 2.88. The van der Waals surface area contributed by atoms with Crippen molar-refractivity contribution in [2.75, 3.05) is 26.0 Å². The molecule has 1 aromatic carbocycles. The van der Waals surface area contributed by atoms with Crippen LogP contribution < -0.4 is 10.6 Å². The van der Waals surface area contributed by atoms with Gasteiger partial charge in [0.2, 0.25) is 0 Å². The fourth-order valence-corrected chi connectivity index (χ4v) is 3.38. The van der Waals surface area contributed by atoms with Crippen molar-refractivity contribution >= 4 is 5.82 Å². The summed E-state index contributed by atoms with van der Waals surface area (Å²) in [5, 5.41) is 6.35. The van der Waals surface area contributed by atoms with E-state index in [4.69, 9.17) is 9.97 Å². The molecule has 0 unspecified atom stereocenters. The van der Waals surface area contributed by atoms with Crippen LogP contribution in [0.2, 0.25) is 0 Å². The first-order valence-corrected chi connectivity index (χ1v) is 8.70. The van der Waals surface area contributed by atoms with Gasteiger partial charge >= 0.3 is 0 Å². The normalized spacial score (nSPS) is 18.0. The Labute approximate surface area is 144 Å². The molecule has 1 aliphatic heterocycles. The second-order valence-corrected chi connectivity index (χ2v) is 6.44. The number of anilines is 1. The molecule has 5 heteroatoms. The molecule has 5 nitrogen and oxygen atoms in total. The molecule has 2 N–H and O–H groups in total. The molecule has 0 radical (unpaired) electrons. The lowest BCUT2D eigenvalue weighted by molar-refractivity contribution is 0.239. The van der Waals surface area contributed by atoms with Crippen LogP contribution in [0.25, 0.3) is 0 Å². The van der Waals surface area contributed by atoms with Crippen LogP contribution in [0, 0.1) is 6.92 Å². The number of nitrogens with zero attached hydrogens (tertiary/aromatic N) is 3. The van der Waals surface area contributed by atoms with Gasteiger partial charge in [-0.3, -0.25) is 4.90 Å². The molecule has 3 rings (SSSR count). The highest BCUT2D eigenvalue weighted by atomic mass is 15.2. The second-order valence-electron chi connectivity index (χ2n) is 6.44. The highest BCUT2D eigenvalue weighted by Gasteiger charge is 2.29. The van der Waals surface area contributed by atoms with Gasteiger partial charge in [0.25, 0.3) is 0 Å². The van der Waals surface area contributed by atoms with Gasteiger partial charge in [0, 0.05) is 26.2 Å². The summed E-state index contributed by atoms with van der Waals surface area (Å²) in [5.41, 5.74) is 3.78. The van der Waals surface area contributed by atoms with Gasteiger partial charge in [0.15, 0.2) is 0 Å². The van der Waals surface area contributed by atoms with E-state index >= 15 is 0 Å². The first-order chi connectivity index (χ1) is 11.7. The Morgan fingerprint density at radius 1 is 1.21 bits per heavy atom. The highest BCUT2D eigenvalue weighted by Crippen LogP contribution is 2.32. The Morgan fingerprint density at radius 2 is 2.04 bits per heavy atom. The molecule has 0 bridgehead atoms. The summed E-state index contributed by atoms with van der Waals surface area (Å²) < 4.78 is 0. The van der Waals surface area contributed by atoms with E-state index in [1.54, 1.807) is 0 Å². The summed E-state index contributed by atoms with van der Waals surface area (Å²) in [6, 6.07) is 10.9. The molecule has 1 aliphatic rings. The Hall–Kier alpha value is -1.98. The van der Waals surface area contributed by atoms with E-state index in [0.717, 1.165) is 43.4 Å². The molecule has 2 heterocycles. The number of hydrogen-bond donors (Lipinski definition) is 2. The number of hydrogen-bond acceptors (Lipinski definition) is 5. The van der Waals surface area contributed by atoms with Crippen LogP contribution in [-0.4, -0.2) is 35.5 Å². The van der Waals surface area contributed by atoms with E-state index in [9.17, 15) is 0 Å². The zero-order valence-corrected chi connectivity index (χ0v) is 14.8. The predicted molar refractivity (Wildman–Crippen MR) is 97.9 cm³/mol. The van der Waals surface area contributed by atoms with Gasteiger partial charge < -0.3 is 10.6 Å². The van der Waals surface area contributed by atoms with E-state index < -0.39 is 0 Å². The standard InChI is InChI=1S/C19H27N5/c1-14-7-4-5-8-15(14)13-24-10-6-9-17(24)19-22-16(12-20-2)11-18(21-3)23-19/h4-5,7-8,11,17,20H,6,9-10,12-13H2,1-3H3,(H,21,22,23)/t17-/m1/s1. The quantitative estimate of drug-likeness (QED) is 0.855. The SMILES string of the molecule is CNCc1cc(NC)nc([C@H]2CCCN2Cc2ccccc2C)n1. The lowest BCUT2D eigenvalue weighted by Crippen LogP contribution is -2.25. The van der Waals surface area contributed by atoms with Gasteiger partial charge in [0.05, 0.1) is 11.7 Å². The molecule has 1 aromatic heterocycles. The number of benzene rings is 1. The minimum absolute atomic E-state index is 0.300. The van der Waals surface area contributed by atoms with Crippen molar-refractivity contribution in [3.05, 3.63) is 53.0 Å². The van der Waals surface area contributed by atoms with Crippen molar-refractivity contribution in [2.24, 2.45) is 0 Å². The van der Waals surface area contributed by atoms with Crippen molar-refractivity contribution in [2.45, 2.75) is 38.9 Å². The first kappa shape index (κ1) is 16.9. The van der Waals surface area contributed by atoms with E-state index in [0.29, 0.717) is 6.04 Å². The number of rotatable bonds is 6. The molecule has 1 fully saturated rings. The third kappa shape index (κ3) is 3.74. The van der Waals surface area contributed by atoms with Crippen LogP contribution in [-0.2, 0) is 13.1 Å². The van der Waals surface area contributed by atoms with Crippen LogP contribution >= 0.6 is 0 Å². The van der Waals surface area contributed by atoms with Crippen molar-refractivity contribution in [3.63, 3.8) is 0 Å². The van der Waals surface area contributed by atoms with Gasteiger partial charge in [-0.2, -0.15) is 0 Å².